The maximum absolute atomic E-state index is 10.9. The van der Waals surface area contributed by atoms with Crippen LogP contribution in [0.25, 0.3) is 0 Å². The third-order valence-electron chi connectivity index (χ3n) is 1.54. The van der Waals surface area contributed by atoms with E-state index in [1.807, 2.05) is 0 Å². The van der Waals surface area contributed by atoms with Crippen molar-refractivity contribution in [3.63, 3.8) is 0 Å². The van der Waals surface area contributed by atoms with Crippen LogP contribution in [-0.2, 0) is 9.59 Å². The van der Waals surface area contributed by atoms with Crippen LogP contribution >= 0.6 is 0 Å². The van der Waals surface area contributed by atoms with Gasteiger partial charge in [0.05, 0.1) is 0 Å². The van der Waals surface area contributed by atoms with Gasteiger partial charge in [-0.05, 0) is 6.08 Å². The minimum atomic E-state index is -1.12. The second-order valence-corrected chi connectivity index (χ2v) is 2.51. The van der Waals surface area contributed by atoms with Crippen molar-refractivity contribution in [2.45, 2.75) is 6.42 Å². The van der Waals surface area contributed by atoms with Crippen molar-refractivity contribution in [2.24, 2.45) is 0 Å². The zero-order chi connectivity index (χ0) is 9.84. The molecule has 68 valence electrons. The molecule has 1 aliphatic rings. The number of carbonyl (C=O) groups is 2. The highest BCUT2D eigenvalue weighted by Crippen LogP contribution is 2.14. The van der Waals surface area contributed by atoms with Crippen LogP contribution in [0.2, 0.25) is 0 Å². The molecule has 2 N–H and O–H groups in total. The van der Waals surface area contributed by atoms with Crippen LogP contribution in [0.4, 0.5) is 0 Å². The zero-order valence-corrected chi connectivity index (χ0v) is 6.73. The van der Waals surface area contributed by atoms with E-state index in [2.05, 4.69) is 0 Å². The normalized spacial score (nSPS) is 17.1. The molecule has 0 aromatic carbocycles. The second kappa shape index (κ2) is 3.71. The molecule has 0 bridgehead atoms. The summed E-state index contributed by atoms with van der Waals surface area (Å²) in [6.45, 7) is 0. The second-order valence-electron chi connectivity index (χ2n) is 2.51. The van der Waals surface area contributed by atoms with Crippen molar-refractivity contribution in [1.29, 1.82) is 0 Å². The number of carbonyl (C=O) groups excluding carboxylic acids is 1. The highest BCUT2D eigenvalue weighted by atomic mass is 16.4. The van der Waals surface area contributed by atoms with E-state index in [4.69, 9.17) is 5.11 Å². The van der Waals surface area contributed by atoms with E-state index in [0.29, 0.717) is 0 Å². The molecule has 0 unspecified atom stereocenters. The fourth-order valence-electron chi connectivity index (χ4n) is 0.925. The van der Waals surface area contributed by atoms with E-state index in [1.165, 1.54) is 12.2 Å². The predicted molar refractivity (Wildman–Crippen MR) is 45.2 cm³/mol. The van der Waals surface area contributed by atoms with Gasteiger partial charge in [0.1, 0.15) is 0 Å². The number of hydrogen-bond acceptors (Lipinski definition) is 3. The summed E-state index contributed by atoms with van der Waals surface area (Å²) in [5.41, 5.74) is 0.235. The first kappa shape index (κ1) is 9.25. The van der Waals surface area contributed by atoms with E-state index in [9.17, 15) is 14.7 Å². The Labute approximate surface area is 74.5 Å². The predicted octanol–water partition coefficient (Wildman–Crippen LogP) is 0.968. The molecule has 0 amide bonds. The van der Waals surface area contributed by atoms with E-state index in [1.54, 1.807) is 6.08 Å². The van der Waals surface area contributed by atoms with Gasteiger partial charge in [0.2, 0.25) is 5.78 Å². The molecule has 0 saturated heterocycles. The molecule has 0 spiro atoms. The number of carboxylic acids is 1. The molecule has 0 heterocycles. The number of hydrogen-bond donors (Lipinski definition) is 2. The molecule has 4 nitrogen and oxygen atoms in total. The van der Waals surface area contributed by atoms with Gasteiger partial charge in [-0.2, -0.15) is 0 Å². The Hall–Kier alpha value is -1.84. The number of Topliss-reactive ketones (excluding diaryl/α,β-unsaturated/α-hetero) is 1. The SMILES string of the molecule is O=C(O)C=CC1=C(O)C(=O)CC=C1. The van der Waals surface area contributed by atoms with Gasteiger partial charge in [-0.3, -0.25) is 4.79 Å². The molecule has 0 saturated carbocycles. The largest absolute Gasteiger partial charge is 0.504 e. The molecule has 0 radical (unpaired) electrons. The van der Waals surface area contributed by atoms with Gasteiger partial charge in [0.15, 0.2) is 5.76 Å². The summed E-state index contributed by atoms with van der Waals surface area (Å²) in [4.78, 5) is 21.0. The molecule has 4 heteroatoms. The summed E-state index contributed by atoms with van der Waals surface area (Å²) in [5.74, 6) is -1.89. The van der Waals surface area contributed by atoms with Gasteiger partial charge in [0, 0.05) is 18.1 Å². The Balaban J connectivity index is 2.90. The van der Waals surface area contributed by atoms with Gasteiger partial charge in [-0.25, -0.2) is 4.79 Å². The molecule has 0 aromatic rings. The topological polar surface area (TPSA) is 74.6 Å². The van der Waals surface area contributed by atoms with Gasteiger partial charge in [0.25, 0.3) is 0 Å². The summed E-state index contributed by atoms with van der Waals surface area (Å²) in [5, 5.41) is 17.5. The number of aliphatic carboxylic acids is 1. The minimum Gasteiger partial charge on any atom is -0.504 e. The van der Waals surface area contributed by atoms with Crippen LogP contribution in [0.5, 0.6) is 0 Å². The van der Waals surface area contributed by atoms with Gasteiger partial charge in [-0.1, -0.05) is 12.2 Å². The molecule has 0 atom stereocenters. The van der Waals surface area contributed by atoms with Gasteiger partial charge in [-0.15, -0.1) is 0 Å². The average molecular weight is 180 g/mol. The fraction of sp³-hybridized carbons (Fsp3) is 0.111. The summed E-state index contributed by atoms with van der Waals surface area (Å²) >= 11 is 0. The van der Waals surface area contributed by atoms with Crippen molar-refractivity contribution in [2.75, 3.05) is 0 Å². The van der Waals surface area contributed by atoms with Crippen molar-refractivity contribution < 1.29 is 19.8 Å². The number of ketones is 1. The Morgan fingerprint density at radius 3 is 2.85 bits per heavy atom. The van der Waals surface area contributed by atoms with E-state index in [-0.39, 0.29) is 17.8 Å². The van der Waals surface area contributed by atoms with Crippen LogP contribution in [-0.4, -0.2) is 22.0 Å². The lowest BCUT2D eigenvalue weighted by Gasteiger charge is -2.04. The highest BCUT2D eigenvalue weighted by molar-refractivity contribution is 5.97. The van der Waals surface area contributed by atoms with Crippen LogP contribution in [0, 0.1) is 0 Å². The molecule has 0 fully saturated rings. The summed E-state index contributed by atoms with van der Waals surface area (Å²) in [7, 11) is 0. The van der Waals surface area contributed by atoms with Gasteiger partial charge < -0.3 is 10.2 Å². The standard InChI is InChI=1S/C9H8O4/c10-7-3-1-2-6(9(7)13)4-5-8(11)12/h1-2,4-5,13H,3H2,(H,11,12). The van der Waals surface area contributed by atoms with Gasteiger partial charge >= 0.3 is 5.97 Å². The number of rotatable bonds is 2. The number of carboxylic acid groups (broad SMARTS) is 1. The molecular weight excluding hydrogens is 172 g/mol. The maximum atomic E-state index is 10.9. The molecule has 0 aromatic heterocycles. The van der Waals surface area contributed by atoms with Crippen LogP contribution < -0.4 is 0 Å². The Morgan fingerprint density at radius 1 is 1.54 bits per heavy atom. The first-order valence-corrected chi connectivity index (χ1v) is 3.65. The van der Waals surface area contributed by atoms with Crippen LogP contribution in [0.3, 0.4) is 0 Å². The Kier molecular flexibility index (Phi) is 2.64. The lowest BCUT2D eigenvalue weighted by Crippen LogP contribution is -2.06. The summed E-state index contributed by atoms with van der Waals surface area (Å²) < 4.78 is 0. The molecule has 1 aliphatic carbocycles. The van der Waals surface area contributed by atoms with Crippen molar-refractivity contribution in [3.05, 3.63) is 35.6 Å². The zero-order valence-electron chi connectivity index (χ0n) is 6.73. The third-order valence-corrected chi connectivity index (χ3v) is 1.54. The lowest BCUT2D eigenvalue weighted by atomic mass is 10.0. The van der Waals surface area contributed by atoms with Crippen molar-refractivity contribution >= 4 is 11.8 Å². The summed E-state index contributed by atoms with van der Waals surface area (Å²) in [6.07, 6.45) is 5.30. The summed E-state index contributed by atoms with van der Waals surface area (Å²) in [6, 6.07) is 0. The minimum absolute atomic E-state index is 0.163. The van der Waals surface area contributed by atoms with Crippen molar-refractivity contribution in [1.82, 2.24) is 0 Å². The monoisotopic (exact) mass is 180 g/mol. The molecule has 13 heavy (non-hydrogen) atoms. The number of aliphatic hydroxyl groups is 1. The van der Waals surface area contributed by atoms with Crippen LogP contribution in [0.15, 0.2) is 35.6 Å². The molecule has 0 aliphatic heterocycles. The molecule has 1 rings (SSSR count). The fourth-order valence-corrected chi connectivity index (χ4v) is 0.925. The highest BCUT2D eigenvalue weighted by Gasteiger charge is 2.13. The Morgan fingerprint density at radius 2 is 2.23 bits per heavy atom. The van der Waals surface area contributed by atoms with E-state index >= 15 is 0 Å². The third kappa shape index (κ3) is 2.30. The quantitative estimate of drug-likeness (QED) is 0.621. The van der Waals surface area contributed by atoms with Crippen LogP contribution in [0.1, 0.15) is 6.42 Å². The number of allylic oxidation sites excluding steroid dienone is 5. The average Bonchev–Trinajstić information content (AvgIpc) is 2.07. The van der Waals surface area contributed by atoms with E-state index in [0.717, 1.165) is 6.08 Å². The number of aliphatic hydroxyl groups excluding tert-OH is 1. The van der Waals surface area contributed by atoms with E-state index < -0.39 is 11.8 Å². The first-order chi connectivity index (χ1) is 6.11. The lowest BCUT2D eigenvalue weighted by molar-refractivity contribution is -0.131. The molecular formula is C9H8O4. The Bertz CT molecular complexity index is 334. The smallest absolute Gasteiger partial charge is 0.328 e. The first-order valence-electron chi connectivity index (χ1n) is 3.65. The maximum Gasteiger partial charge on any atom is 0.328 e. The van der Waals surface area contributed by atoms with Crippen molar-refractivity contribution in [3.8, 4) is 0 Å².